The van der Waals surface area contributed by atoms with Gasteiger partial charge in [-0.3, -0.25) is 4.79 Å². The highest BCUT2D eigenvalue weighted by molar-refractivity contribution is 9.10. The summed E-state index contributed by atoms with van der Waals surface area (Å²) in [6.07, 6.45) is 8.02. The molecule has 0 aliphatic heterocycles. The Morgan fingerprint density at radius 2 is 2.20 bits per heavy atom. The molecule has 5 heteroatoms. The molecule has 2 N–H and O–H groups in total. The minimum absolute atomic E-state index is 0.00247. The van der Waals surface area contributed by atoms with Crippen molar-refractivity contribution >= 4 is 21.8 Å². The number of hydrogen-bond acceptors (Lipinski definition) is 2. The molecule has 0 saturated heterocycles. The maximum Gasteiger partial charge on any atom is 0.267 e. The Hall–Kier alpha value is -0.810. The largest absolute Gasteiger partial charge is 0.393 e. The maximum absolute atomic E-state index is 12.3. The molecule has 0 radical (unpaired) electrons. The summed E-state index contributed by atoms with van der Waals surface area (Å²) in [7, 11) is 0. The summed E-state index contributed by atoms with van der Waals surface area (Å²) in [6.45, 7) is 0.670. The quantitative estimate of drug-likeness (QED) is 0.885. The Morgan fingerprint density at radius 3 is 2.90 bits per heavy atom. The molecule has 0 spiro atoms. The molecule has 110 valence electrons. The van der Waals surface area contributed by atoms with Crippen LogP contribution in [0.15, 0.2) is 16.7 Å². The number of aliphatic hydroxyl groups excluding tert-OH is 1. The van der Waals surface area contributed by atoms with E-state index in [1.165, 1.54) is 0 Å². The molecular formula is C15H21BrN2O2. The van der Waals surface area contributed by atoms with E-state index in [1.54, 1.807) is 0 Å². The minimum Gasteiger partial charge on any atom is -0.393 e. The third kappa shape index (κ3) is 3.26. The number of carbonyl (C=O) groups excluding carboxylic acids is 1. The van der Waals surface area contributed by atoms with Crippen LogP contribution in [0.3, 0.4) is 0 Å². The number of amides is 1. The molecule has 4 nitrogen and oxygen atoms in total. The summed E-state index contributed by atoms with van der Waals surface area (Å²) in [5.74, 6) is 0.415. The molecule has 2 saturated carbocycles. The first kappa shape index (κ1) is 14.1. The third-order valence-corrected chi connectivity index (χ3v) is 4.73. The van der Waals surface area contributed by atoms with Crippen LogP contribution >= 0.6 is 15.9 Å². The van der Waals surface area contributed by atoms with Crippen molar-refractivity contribution < 1.29 is 9.90 Å². The molecule has 2 unspecified atom stereocenters. The predicted octanol–water partition coefficient (Wildman–Crippen LogP) is 2.87. The lowest BCUT2D eigenvalue weighted by atomic mass is 9.87. The second kappa shape index (κ2) is 5.90. The molecule has 0 aromatic carbocycles. The van der Waals surface area contributed by atoms with Gasteiger partial charge >= 0.3 is 0 Å². The number of rotatable bonds is 4. The zero-order valence-corrected chi connectivity index (χ0v) is 13.1. The van der Waals surface area contributed by atoms with Crippen LogP contribution in [0.25, 0.3) is 0 Å². The van der Waals surface area contributed by atoms with E-state index in [1.807, 2.05) is 12.3 Å². The van der Waals surface area contributed by atoms with Gasteiger partial charge in [-0.25, -0.2) is 0 Å². The minimum atomic E-state index is -0.185. The van der Waals surface area contributed by atoms with Gasteiger partial charge in [-0.1, -0.05) is 6.42 Å². The Balaban J connectivity index is 1.59. The Kier molecular flexibility index (Phi) is 4.17. The Morgan fingerprint density at radius 1 is 1.40 bits per heavy atom. The second-order valence-electron chi connectivity index (χ2n) is 6.08. The van der Waals surface area contributed by atoms with E-state index in [2.05, 4.69) is 25.8 Å². The van der Waals surface area contributed by atoms with Gasteiger partial charge in [-0.2, -0.15) is 0 Å². The second-order valence-corrected chi connectivity index (χ2v) is 6.99. The standard InChI is InChI=1S/C15H21BrN2O2/c16-11-7-14(18(9-11)12-4-5-12)15(20)17-8-10-2-1-3-13(19)6-10/h7,9-10,12-13,19H,1-6,8H2,(H,17,20). The summed E-state index contributed by atoms with van der Waals surface area (Å²) in [5, 5.41) is 12.7. The van der Waals surface area contributed by atoms with E-state index < -0.39 is 0 Å². The Bertz CT molecular complexity index is 496. The summed E-state index contributed by atoms with van der Waals surface area (Å²) in [6, 6.07) is 2.39. The summed E-state index contributed by atoms with van der Waals surface area (Å²) in [5.41, 5.74) is 0.746. The maximum atomic E-state index is 12.3. The fourth-order valence-electron chi connectivity index (χ4n) is 3.06. The van der Waals surface area contributed by atoms with Crippen molar-refractivity contribution in [3.8, 4) is 0 Å². The van der Waals surface area contributed by atoms with Crippen LogP contribution in [0.1, 0.15) is 55.1 Å². The fourth-order valence-corrected chi connectivity index (χ4v) is 3.50. The predicted molar refractivity (Wildman–Crippen MR) is 80.7 cm³/mol. The highest BCUT2D eigenvalue weighted by Gasteiger charge is 2.28. The lowest BCUT2D eigenvalue weighted by Gasteiger charge is -2.25. The van der Waals surface area contributed by atoms with Crippen molar-refractivity contribution in [1.29, 1.82) is 0 Å². The van der Waals surface area contributed by atoms with E-state index in [4.69, 9.17) is 0 Å². The summed E-state index contributed by atoms with van der Waals surface area (Å²) in [4.78, 5) is 12.3. The van der Waals surface area contributed by atoms with E-state index >= 15 is 0 Å². The first-order valence-corrected chi connectivity index (χ1v) is 8.26. The fraction of sp³-hybridized carbons (Fsp3) is 0.667. The van der Waals surface area contributed by atoms with Gasteiger partial charge in [0.25, 0.3) is 5.91 Å². The number of nitrogens with one attached hydrogen (secondary N) is 1. The molecule has 2 fully saturated rings. The van der Waals surface area contributed by atoms with Crippen molar-refractivity contribution in [2.24, 2.45) is 5.92 Å². The van der Waals surface area contributed by atoms with Gasteiger partial charge in [0, 0.05) is 23.3 Å². The third-order valence-electron chi connectivity index (χ3n) is 4.29. The van der Waals surface area contributed by atoms with Crippen LogP contribution in [-0.2, 0) is 0 Å². The molecule has 1 amide bonds. The molecule has 2 aliphatic carbocycles. The number of aromatic nitrogens is 1. The number of hydrogen-bond donors (Lipinski definition) is 2. The Labute approximate surface area is 127 Å². The van der Waals surface area contributed by atoms with Crippen molar-refractivity contribution in [3.05, 3.63) is 22.4 Å². The van der Waals surface area contributed by atoms with Gasteiger partial charge in [0.05, 0.1) is 6.10 Å². The van der Waals surface area contributed by atoms with Crippen LogP contribution in [0.2, 0.25) is 0 Å². The highest BCUT2D eigenvalue weighted by Crippen LogP contribution is 2.37. The summed E-state index contributed by atoms with van der Waals surface area (Å²) < 4.78 is 3.04. The monoisotopic (exact) mass is 340 g/mol. The SMILES string of the molecule is O=C(NCC1CCCC(O)C1)c1cc(Br)cn1C1CC1. The number of nitrogens with zero attached hydrogens (tertiary/aromatic N) is 1. The first-order valence-electron chi connectivity index (χ1n) is 7.47. The van der Waals surface area contributed by atoms with Crippen molar-refractivity contribution in [3.63, 3.8) is 0 Å². The summed E-state index contributed by atoms with van der Waals surface area (Å²) >= 11 is 3.45. The molecule has 2 atom stereocenters. The highest BCUT2D eigenvalue weighted by atomic mass is 79.9. The van der Waals surface area contributed by atoms with Gasteiger partial charge in [-0.15, -0.1) is 0 Å². The van der Waals surface area contributed by atoms with E-state index in [0.29, 0.717) is 18.5 Å². The number of aliphatic hydroxyl groups is 1. The van der Waals surface area contributed by atoms with Gasteiger partial charge in [0.15, 0.2) is 0 Å². The van der Waals surface area contributed by atoms with Crippen molar-refractivity contribution in [2.45, 2.75) is 50.7 Å². The van der Waals surface area contributed by atoms with E-state index in [-0.39, 0.29) is 12.0 Å². The van der Waals surface area contributed by atoms with Crippen LogP contribution in [0, 0.1) is 5.92 Å². The number of carbonyl (C=O) groups is 1. The zero-order valence-electron chi connectivity index (χ0n) is 11.5. The average Bonchev–Trinajstić information content (AvgIpc) is 3.19. The van der Waals surface area contributed by atoms with Crippen LogP contribution in [-0.4, -0.2) is 28.2 Å². The van der Waals surface area contributed by atoms with Crippen molar-refractivity contribution in [1.82, 2.24) is 9.88 Å². The van der Waals surface area contributed by atoms with E-state index in [9.17, 15) is 9.90 Å². The van der Waals surface area contributed by atoms with Gasteiger partial charge in [-0.05, 0) is 60.0 Å². The normalized spacial score (nSPS) is 26.5. The molecule has 0 bridgehead atoms. The molecule has 3 rings (SSSR count). The molecule has 20 heavy (non-hydrogen) atoms. The lowest BCUT2D eigenvalue weighted by Crippen LogP contribution is -2.33. The lowest BCUT2D eigenvalue weighted by molar-refractivity contribution is 0.0867. The topological polar surface area (TPSA) is 54.3 Å². The number of halogens is 1. The molecule has 1 heterocycles. The molecule has 1 aromatic heterocycles. The smallest absolute Gasteiger partial charge is 0.267 e. The van der Waals surface area contributed by atoms with Crippen LogP contribution < -0.4 is 5.32 Å². The van der Waals surface area contributed by atoms with Crippen molar-refractivity contribution in [2.75, 3.05) is 6.54 Å². The molecule has 2 aliphatic rings. The average molecular weight is 341 g/mol. The van der Waals surface area contributed by atoms with Crippen LogP contribution in [0.4, 0.5) is 0 Å². The van der Waals surface area contributed by atoms with Gasteiger partial charge < -0.3 is 15.0 Å². The molecular weight excluding hydrogens is 320 g/mol. The molecule has 1 aromatic rings. The zero-order chi connectivity index (χ0) is 14.1. The van der Waals surface area contributed by atoms with Crippen LogP contribution in [0.5, 0.6) is 0 Å². The van der Waals surface area contributed by atoms with Gasteiger partial charge in [0.1, 0.15) is 5.69 Å². The first-order chi connectivity index (χ1) is 9.63. The van der Waals surface area contributed by atoms with E-state index in [0.717, 1.165) is 48.7 Å². The van der Waals surface area contributed by atoms with Gasteiger partial charge in [0.2, 0.25) is 0 Å².